The average molecular weight is 347 g/mol. The largest absolute Gasteiger partial charge is 0.280 e. The van der Waals surface area contributed by atoms with E-state index in [1.807, 2.05) is 0 Å². The van der Waals surface area contributed by atoms with Crippen LogP contribution in [0.5, 0.6) is 0 Å². The Hall–Kier alpha value is -1.61. The van der Waals surface area contributed by atoms with Crippen molar-refractivity contribution in [1.29, 1.82) is 0 Å². The average Bonchev–Trinajstić information content (AvgIpc) is 2.38. The van der Waals surface area contributed by atoms with Crippen LogP contribution in [0, 0.1) is 0 Å². The summed E-state index contributed by atoms with van der Waals surface area (Å²) in [5, 5.41) is 5.41. The van der Waals surface area contributed by atoms with E-state index in [0.29, 0.717) is 5.02 Å². The van der Waals surface area contributed by atoms with Crippen molar-refractivity contribution < 1.29 is 16.8 Å². The number of primary sulfonamides is 1. The lowest BCUT2D eigenvalue weighted by Crippen LogP contribution is -2.15. The zero-order valence-corrected chi connectivity index (χ0v) is 12.9. The van der Waals surface area contributed by atoms with E-state index in [2.05, 4.69) is 4.72 Å². The number of halogens is 1. The minimum absolute atomic E-state index is 0.00732. The monoisotopic (exact) mass is 346 g/mol. The summed E-state index contributed by atoms with van der Waals surface area (Å²) in [7, 11) is -7.74. The van der Waals surface area contributed by atoms with E-state index in [1.165, 1.54) is 42.5 Å². The molecule has 0 saturated heterocycles. The molecule has 0 radical (unpaired) electrons. The van der Waals surface area contributed by atoms with Crippen LogP contribution in [0.4, 0.5) is 5.69 Å². The summed E-state index contributed by atoms with van der Waals surface area (Å²) in [6, 6.07) is 10.8. The molecule has 0 fully saturated rings. The molecular formula is C12H11ClN2O4S2. The summed E-state index contributed by atoms with van der Waals surface area (Å²) in [6.07, 6.45) is 0. The van der Waals surface area contributed by atoms with Crippen molar-refractivity contribution >= 4 is 37.3 Å². The molecule has 0 atom stereocenters. The van der Waals surface area contributed by atoms with Gasteiger partial charge in [0.2, 0.25) is 10.0 Å². The maximum Gasteiger partial charge on any atom is 0.261 e. The van der Waals surface area contributed by atoms with Gasteiger partial charge in [-0.05, 0) is 42.5 Å². The molecule has 0 unspecified atom stereocenters. The molecule has 0 amide bonds. The van der Waals surface area contributed by atoms with E-state index in [1.54, 1.807) is 0 Å². The summed E-state index contributed by atoms with van der Waals surface area (Å²) in [5.74, 6) is 0. The number of hydrogen-bond acceptors (Lipinski definition) is 4. The maximum absolute atomic E-state index is 12.1. The van der Waals surface area contributed by atoms with E-state index in [0.717, 1.165) is 6.07 Å². The molecule has 0 saturated carbocycles. The van der Waals surface area contributed by atoms with Crippen molar-refractivity contribution in [3.63, 3.8) is 0 Å². The molecule has 0 aliphatic rings. The normalized spacial score (nSPS) is 12.1. The van der Waals surface area contributed by atoms with Crippen molar-refractivity contribution in [1.82, 2.24) is 0 Å². The number of benzene rings is 2. The fourth-order valence-electron chi connectivity index (χ4n) is 1.56. The van der Waals surface area contributed by atoms with Gasteiger partial charge in [-0.25, -0.2) is 22.0 Å². The van der Waals surface area contributed by atoms with E-state index >= 15 is 0 Å². The summed E-state index contributed by atoms with van der Waals surface area (Å²) < 4.78 is 49.0. The van der Waals surface area contributed by atoms with Gasteiger partial charge < -0.3 is 0 Å². The second-order valence-corrected chi connectivity index (χ2v) is 7.81. The lowest BCUT2D eigenvalue weighted by atomic mass is 10.3. The van der Waals surface area contributed by atoms with Crippen LogP contribution < -0.4 is 9.86 Å². The second-order valence-electron chi connectivity index (χ2n) is 4.13. The highest BCUT2D eigenvalue weighted by Crippen LogP contribution is 2.20. The number of nitrogens with two attached hydrogens (primary N) is 1. The third-order valence-corrected chi connectivity index (χ3v) is 5.10. The molecule has 0 heterocycles. The van der Waals surface area contributed by atoms with Crippen LogP contribution >= 0.6 is 11.6 Å². The third-order valence-electron chi connectivity index (χ3n) is 2.54. The Bertz CT molecular complexity index is 862. The quantitative estimate of drug-likeness (QED) is 0.880. The number of rotatable bonds is 4. The smallest absolute Gasteiger partial charge is 0.261 e. The van der Waals surface area contributed by atoms with Crippen molar-refractivity contribution in [2.75, 3.05) is 4.72 Å². The third kappa shape index (κ3) is 3.94. The van der Waals surface area contributed by atoms with Crippen molar-refractivity contribution in [2.24, 2.45) is 5.14 Å². The van der Waals surface area contributed by atoms with E-state index < -0.39 is 20.0 Å². The standard InChI is InChI=1S/C12H11ClN2O4S2/c13-9-4-6-11(7-5-9)21(18,19)15-10-2-1-3-12(8-10)20(14,16)17/h1-8,15H,(H2,14,16,17). The molecule has 6 nitrogen and oxygen atoms in total. The van der Waals surface area contributed by atoms with Crippen LogP contribution in [0.25, 0.3) is 0 Å². The Labute approximate surface area is 127 Å². The summed E-state index contributed by atoms with van der Waals surface area (Å²) in [4.78, 5) is -0.174. The van der Waals surface area contributed by atoms with Gasteiger partial charge in [0.1, 0.15) is 0 Å². The first-order chi connectivity index (χ1) is 9.68. The van der Waals surface area contributed by atoms with Crippen molar-refractivity contribution in [3.8, 4) is 0 Å². The lowest BCUT2D eigenvalue weighted by molar-refractivity contribution is 0.596. The Morgan fingerprint density at radius 1 is 0.905 bits per heavy atom. The van der Waals surface area contributed by atoms with Crippen LogP contribution in [0.15, 0.2) is 58.3 Å². The van der Waals surface area contributed by atoms with Gasteiger partial charge in [0.15, 0.2) is 0 Å². The zero-order chi connectivity index (χ0) is 15.7. The highest BCUT2D eigenvalue weighted by atomic mass is 35.5. The summed E-state index contributed by atoms with van der Waals surface area (Å²) in [6.45, 7) is 0. The van der Waals surface area contributed by atoms with Gasteiger partial charge in [-0.3, -0.25) is 4.72 Å². The fourth-order valence-corrected chi connectivity index (χ4v) is 3.30. The zero-order valence-electron chi connectivity index (χ0n) is 10.5. The minimum Gasteiger partial charge on any atom is -0.280 e. The Kier molecular flexibility index (Phi) is 4.24. The molecule has 2 aromatic rings. The molecule has 2 aromatic carbocycles. The van der Waals surface area contributed by atoms with Crippen LogP contribution in [0.3, 0.4) is 0 Å². The Morgan fingerprint density at radius 2 is 1.52 bits per heavy atom. The Balaban J connectivity index is 2.35. The lowest BCUT2D eigenvalue weighted by Gasteiger charge is -2.09. The van der Waals surface area contributed by atoms with E-state index in [4.69, 9.17) is 16.7 Å². The number of nitrogens with one attached hydrogen (secondary N) is 1. The minimum atomic E-state index is -3.90. The van der Waals surface area contributed by atoms with Gasteiger partial charge in [0.25, 0.3) is 10.0 Å². The molecule has 9 heteroatoms. The predicted octanol–water partition coefficient (Wildman–Crippen LogP) is 1.79. The number of sulfonamides is 2. The molecule has 0 aliphatic carbocycles. The summed E-state index contributed by atoms with van der Waals surface area (Å²) >= 11 is 5.70. The molecule has 0 spiro atoms. The molecule has 0 aliphatic heterocycles. The van der Waals surface area contributed by atoms with Crippen molar-refractivity contribution in [3.05, 3.63) is 53.6 Å². The predicted molar refractivity (Wildman–Crippen MR) is 80.1 cm³/mol. The van der Waals surface area contributed by atoms with Gasteiger partial charge >= 0.3 is 0 Å². The Morgan fingerprint density at radius 3 is 2.10 bits per heavy atom. The summed E-state index contributed by atoms with van der Waals surface area (Å²) in [5.41, 5.74) is 0.0940. The molecule has 3 N–H and O–H groups in total. The van der Waals surface area contributed by atoms with E-state index in [-0.39, 0.29) is 15.5 Å². The van der Waals surface area contributed by atoms with Gasteiger partial charge in [-0.15, -0.1) is 0 Å². The molecular weight excluding hydrogens is 336 g/mol. The second kappa shape index (κ2) is 5.64. The number of hydrogen-bond donors (Lipinski definition) is 2. The molecule has 0 bridgehead atoms. The maximum atomic E-state index is 12.1. The van der Waals surface area contributed by atoms with Crippen LogP contribution in [0.1, 0.15) is 0 Å². The van der Waals surface area contributed by atoms with Crippen molar-refractivity contribution in [2.45, 2.75) is 9.79 Å². The molecule has 21 heavy (non-hydrogen) atoms. The van der Waals surface area contributed by atoms with Gasteiger partial charge in [0.05, 0.1) is 15.5 Å². The highest BCUT2D eigenvalue weighted by molar-refractivity contribution is 7.92. The molecule has 112 valence electrons. The van der Waals surface area contributed by atoms with Crippen LogP contribution in [0.2, 0.25) is 5.02 Å². The highest BCUT2D eigenvalue weighted by Gasteiger charge is 2.15. The SMILES string of the molecule is NS(=O)(=O)c1cccc(NS(=O)(=O)c2ccc(Cl)cc2)c1. The first-order valence-corrected chi connectivity index (χ1v) is 9.00. The fraction of sp³-hybridized carbons (Fsp3) is 0. The molecule has 2 rings (SSSR count). The topological polar surface area (TPSA) is 106 Å². The van der Waals surface area contributed by atoms with Gasteiger partial charge in [-0.2, -0.15) is 0 Å². The molecule has 0 aromatic heterocycles. The van der Waals surface area contributed by atoms with Crippen LogP contribution in [-0.4, -0.2) is 16.8 Å². The first-order valence-electron chi connectivity index (χ1n) is 5.60. The van der Waals surface area contributed by atoms with Gasteiger partial charge in [0, 0.05) is 5.02 Å². The van der Waals surface area contributed by atoms with Gasteiger partial charge in [-0.1, -0.05) is 17.7 Å². The number of anilines is 1. The van der Waals surface area contributed by atoms with E-state index in [9.17, 15) is 16.8 Å². The first kappa shape index (κ1) is 15.8. The van der Waals surface area contributed by atoms with Crippen LogP contribution in [-0.2, 0) is 20.0 Å².